The first kappa shape index (κ1) is 13.8. The Kier molecular flexibility index (Phi) is 3.48. The highest BCUT2D eigenvalue weighted by Gasteiger charge is 2.25. The number of carbonyl (C=O) groups is 2. The lowest BCUT2D eigenvalue weighted by Crippen LogP contribution is -2.37. The summed E-state index contributed by atoms with van der Waals surface area (Å²) in [4.78, 5) is 28.6. The van der Waals surface area contributed by atoms with Crippen LogP contribution >= 0.6 is 11.3 Å². The Morgan fingerprint density at radius 1 is 1.19 bits per heavy atom. The van der Waals surface area contributed by atoms with Crippen LogP contribution in [0.3, 0.4) is 0 Å². The second-order valence-corrected chi connectivity index (χ2v) is 5.44. The van der Waals surface area contributed by atoms with E-state index >= 15 is 0 Å². The maximum absolute atomic E-state index is 11.4. The van der Waals surface area contributed by atoms with Crippen LogP contribution in [-0.2, 0) is 4.74 Å². The third-order valence-electron chi connectivity index (χ3n) is 3.35. The summed E-state index contributed by atoms with van der Waals surface area (Å²) in [6.07, 6.45) is 1.23. The summed E-state index contributed by atoms with van der Waals surface area (Å²) in [6.45, 7) is 2.17. The number of aromatic carboxylic acids is 2. The molecule has 2 N–H and O–H groups in total. The molecule has 0 bridgehead atoms. The van der Waals surface area contributed by atoms with Crippen LogP contribution in [0.2, 0.25) is 0 Å². The van der Waals surface area contributed by atoms with Gasteiger partial charge in [-0.1, -0.05) is 0 Å². The first-order valence-electron chi connectivity index (χ1n) is 6.29. The number of hydrogen-bond acceptors (Lipinski definition) is 6. The molecular weight excluding hydrogens is 296 g/mol. The number of carboxylic acids is 2. The van der Waals surface area contributed by atoms with E-state index in [-0.39, 0.29) is 11.1 Å². The van der Waals surface area contributed by atoms with Gasteiger partial charge in [-0.25, -0.2) is 9.59 Å². The van der Waals surface area contributed by atoms with Crippen LogP contribution in [0.1, 0.15) is 20.7 Å². The molecule has 2 aromatic rings. The highest BCUT2D eigenvalue weighted by atomic mass is 32.1. The van der Waals surface area contributed by atoms with Crippen LogP contribution in [0.25, 0.3) is 10.2 Å². The number of hydrogen-bond donors (Lipinski definition) is 2. The SMILES string of the molecule is O=C(O)c1cnc2c(C(=O)O)csc2c1N1CCOCC1. The molecule has 1 aliphatic rings. The number of morpholine rings is 1. The molecule has 110 valence electrons. The van der Waals surface area contributed by atoms with Crippen molar-refractivity contribution in [2.75, 3.05) is 31.2 Å². The predicted octanol–water partition coefficient (Wildman–Crippen LogP) is 1.53. The third-order valence-corrected chi connectivity index (χ3v) is 4.32. The van der Waals surface area contributed by atoms with Crippen LogP contribution in [-0.4, -0.2) is 53.4 Å². The van der Waals surface area contributed by atoms with E-state index in [9.17, 15) is 14.7 Å². The fourth-order valence-corrected chi connectivity index (χ4v) is 3.44. The summed E-state index contributed by atoms with van der Waals surface area (Å²) in [6, 6.07) is 0. The minimum absolute atomic E-state index is 0.0863. The summed E-state index contributed by atoms with van der Waals surface area (Å²) in [5.41, 5.74) is 1.05. The van der Waals surface area contributed by atoms with Crippen LogP contribution in [0.5, 0.6) is 0 Å². The van der Waals surface area contributed by atoms with Crippen LogP contribution < -0.4 is 4.90 Å². The van der Waals surface area contributed by atoms with Gasteiger partial charge in [-0.3, -0.25) is 4.98 Å². The van der Waals surface area contributed by atoms with Crippen molar-refractivity contribution in [3.05, 3.63) is 22.7 Å². The molecule has 7 nitrogen and oxygen atoms in total. The number of thiophene rings is 1. The van der Waals surface area contributed by atoms with Gasteiger partial charge in [0.2, 0.25) is 0 Å². The molecule has 0 aliphatic carbocycles. The number of nitrogens with zero attached hydrogens (tertiary/aromatic N) is 2. The lowest BCUT2D eigenvalue weighted by atomic mass is 10.1. The molecule has 2 aromatic heterocycles. The average molecular weight is 308 g/mol. The van der Waals surface area contributed by atoms with Crippen molar-refractivity contribution in [2.45, 2.75) is 0 Å². The zero-order valence-electron chi connectivity index (χ0n) is 10.9. The van der Waals surface area contributed by atoms with Crippen LogP contribution in [0, 0.1) is 0 Å². The van der Waals surface area contributed by atoms with Gasteiger partial charge in [-0.2, -0.15) is 0 Å². The molecule has 1 fully saturated rings. The van der Waals surface area contributed by atoms with Crippen LogP contribution in [0.15, 0.2) is 11.6 Å². The Labute approximate surface area is 123 Å². The Bertz CT molecular complexity index is 721. The van der Waals surface area contributed by atoms with Crippen molar-refractivity contribution in [3.63, 3.8) is 0 Å². The van der Waals surface area contributed by atoms with Crippen LogP contribution in [0.4, 0.5) is 5.69 Å². The molecule has 0 spiro atoms. The number of aromatic nitrogens is 1. The number of rotatable bonds is 3. The number of fused-ring (bicyclic) bond motifs is 1. The smallest absolute Gasteiger partial charge is 0.339 e. The van der Waals surface area contributed by atoms with Gasteiger partial charge in [0.25, 0.3) is 0 Å². The molecule has 0 saturated carbocycles. The second-order valence-electron chi connectivity index (χ2n) is 4.56. The van der Waals surface area contributed by atoms with E-state index < -0.39 is 11.9 Å². The minimum Gasteiger partial charge on any atom is -0.478 e. The van der Waals surface area contributed by atoms with E-state index in [1.807, 2.05) is 4.90 Å². The van der Waals surface area contributed by atoms with E-state index in [4.69, 9.17) is 9.84 Å². The van der Waals surface area contributed by atoms with Gasteiger partial charge in [0.05, 0.1) is 34.7 Å². The molecule has 1 aliphatic heterocycles. The highest BCUT2D eigenvalue weighted by molar-refractivity contribution is 7.18. The maximum Gasteiger partial charge on any atom is 0.339 e. The minimum atomic E-state index is -1.07. The van der Waals surface area contributed by atoms with Gasteiger partial charge >= 0.3 is 11.9 Å². The standard InChI is InChI=1S/C13H12N2O5S/c16-12(17)7-5-14-9-8(13(18)19)6-21-11(9)10(7)15-1-3-20-4-2-15/h5-6H,1-4H2,(H,16,17)(H,18,19). The normalized spacial score (nSPS) is 15.3. The molecular formula is C13H12N2O5S. The number of pyridine rings is 1. The monoisotopic (exact) mass is 308 g/mol. The lowest BCUT2D eigenvalue weighted by molar-refractivity contribution is 0.0688. The quantitative estimate of drug-likeness (QED) is 0.886. The van der Waals surface area contributed by atoms with Crippen molar-refractivity contribution in [1.82, 2.24) is 4.98 Å². The fraction of sp³-hybridized carbons (Fsp3) is 0.308. The topological polar surface area (TPSA) is 100.0 Å². The van der Waals surface area contributed by atoms with Gasteiger partial charge in [-0.15, -0.1) is 11.3 Å². The van der Waals surface area contributed by atoms with Crippen molar-refractivity contribution >= 4 is 39.2 Å². The van der Waals surface area contributed by atoms with E-state index in [0.29, 0.717) is 42.2 Å². The second kappa shape index (κ2) is 5.30. The lowest BCUT2D eigenvalue weighted by Gasteiger charge is -2.30. The molecule has 0 amide bonds. The molecule has 3 rings (SSSR count). The van der Waals surface area contributed by atoms with Gasteiger partial charge in [0.1, 0.15) is 5.56 Å². The summed E-state index contributed by atoms with van der Waals surface area (Å²) < 4.78 is 5.87. The first-order chi connectivity index (χ1) is 10.1. The van der Waals surface area contributed by atoms with Crippen molar-refractivity contribution in [2.24, 2.45) is 0 Å². The van der Waals surface area contributed by atoms with E-state index in [1.165, 1.54) is 22.9 Å². The van der Waals surface area contributed by atoms with Gasteiger partial charge in [0.15, 0.2) is 0 Å². The van der Waals surface area contributed by atoms with Crippen molar-refractivity contribution in [3.8, 4) is 0 Å². The van der Waals surface area contributed by atoms with Crippen molar-refractivity contribution in [1.29, 1.82) is 0 Å². The molecule has 0 aromatic carbocycles. The molecule has 21 heavy (non-hydrogen) atoms. The Hall–Kier alpha value is -2.19. The molecule has 0 atom stereocenters. The summed E-state index contributed by atoms with van der Waals surface area (Å²) in [7, 11) is 0. The van der Waals surface area contributed by atoms with E-state index in [2.05, 4.69) is 4.98 Å². The van der Waals surface area contributed by atoms with Gasteiger partial charge in [-0.05, 0) is 0 Å². The molecule has 0 unspecified atom stereocenters. The van der Waals surface area contributed by atoms with E-state index in [1.54, 1.807) is 0 Å². The molecule has 3 heterocycles. The summed E-state index contributed by atoms with van der Waals surface area (Å²) in [5, 5.41) is 20.0. The number of carboxylic acid groups (broad SMARTS) is 2. The zero-order chi connectivity index (χ0) is 15.0. The summed E-state index contributed by atoms with van der Waals surface area (Å²) in [5.74, 6) is -2.14. The van der Waals surface area contributed by atoms with E-state index in [0.717, 1.165) is 0 Å². The predicted molar refractivity (Wildman–Crippen MR) is 76.6 cm³/mol. The third kappa shape index (κ3) is 2.32. The Morgan fingerprint density at radius 3 is 2.48 bits per heavy atom. The zero-order valence-corrected chi connectivity index (χ0v) is 11.7. The Balaban J connectivity index is 2.23. The Morgan fingerprint density at radius 2 is 1.86 bits per heavy atom. The molecule has 8 heteroatoms. The van der Waals surface area contributed by atoms with Gasteiger partial charge < -0.3 is 19.8 Å². The molecule has 1 saturated heterocycles. The number of anilines is 1. The average Bonchev–Trinajstić information content (AvgIpc) is 2.91. The fourth-order valence-electron chi connectivity index (χ4n) is 2.37. The van der Waals surface area contributed by atoms with Gasteiger partial charge in [0, 0.05) is 24.7 Å². The summed E-state index contributed by atoms with van der Waals surface area (Å²) >= 11 is 1.20. The number of ether oxygens (including phenoxy) is 1. The largest absolute Gasteiger partial charge is 0.478 e. The maximum atomic E-state index is 11.4. The highest BCUT2D eigenvalue weighted by Crippen LogP contribution is 2.36. The molecule has 0 radical (unpaired) electrons. The first-order valence-corrected chi connectivity index (χ1v) is 7.17. The van der Waals surface area contributed by atoms with Crippen molar-refractivity contribution < 1.29 is 24.5 Å².